The topological polar surface area (TPSA) is 40.6 Å². The summed E-state index contributed by atoms with van der Waals surface area (Å²) in [6.07, 6.45) is 6.73. The highest BCUT2D eigenvalue weighted by Crippen LogP contribution is 2.50. The van der Waals surface area contributed by atoms with Crippen molar-refractivity contribution < 1.29 is 9.59 Å². The van der Waals surface area contributed by atoms with E-state index in [-0.39, 0.29) is 5.92 Å². The Hall–Kier alpha value is -1.36. The van der Waals surface area contributed by atoms with Gasteiger partial charge in [0.25, 0.3) is 0 Å². The number of hydrogen-bond donors (Lipinski definition) is 0. The fourth-order valence-corrected chi connectivity index (χ4v) is 5.19. The molecule has 2 heterocycles. The van der Waals surface area contributed by atoms with Gasteiger partial charge in [-0.1, -0.05) is 18.9 Å². The van der Waals surface area contributed by atoms with Crippen molar-refractivity contribution in [3.05, 3.63) is 22.4 Å². The molecule has 0 N–H and O–H groups in total. The highest BCUT2D eigenvalue weighted by atomic mass is 32.1. The third-order valence-corrected chi connectivity index (χ3v) is 6.90. The highest BCUT2D eigenvalue weighted by Gasteiger charge is 2.46. The van der Waals surface area contributed by atoms with E-state index in [2.05, 4.69) is 17.5 Å². The summed E-state index contributed by atoms with van der Waals surface area (Å²) in [5, 5.41) is 2.09. The predicted molar refractivity (Wildman–Crippen MR) is 94.9 cm³/mol. The molecular weight excluding hydrogens is 320 g/mol. The molecule has 0 spiro atoms. The monoisotopic (exact) mass is 346 g/mol. The highest BCUT2D eigenvalue weighted by molar-refractivity contribution is 7.10. The smallest absolute Gasteiger partial charge is 0.226 e. The molecule has 1 aromatic rings. The average Bonchev–Trinajstić information content (AvgIpc) is 3.01. The van der Waals surface area contributed by atoms with Crippen molar-refractivity contribution >= 4 is 23.2 Å². The molecule has 2 saturated carbocycles. The third kappa shape index (κ3) is 3.37. The van der Waals surface area contributed by atoms with Gasteiger partial charge in [-0.25, -0.2) is 0 Å². The molecule has 1 aromatic heterocycles. The van der Waals surface area contributed by atoms with Crippen molar-refractivity contribution in [3.8, 4) is 0 Å². The molecule has 3 aliphatic rings. The molecule has 2 amide bonds. The molecule has 0 aromatic carbocycles. The van der Waals surface area contributed by atoms with E-state index >= 15 is 0 Å². The molecule has 0 radical (unpaired) electrons. The predicted octanol–water partition coefficient (Wildman–Crippen LogP) is 3.10. The summed E-state index contributed by atoms with van der Waals surface area (Å²) in [6, 6.07) is 4.21. The zero-order chi connectivity index (χ0) is 16.5. The molecule has 0 bridgehead atoms. The van der Waals surface area contributed by atoms with Gasteiger partial charge in [-0.05, 0) is 36.6 Å². The molecule has 24 heavy (non-hydrogen) atoms. The van der Waals surface area contributed by atoms with Crippen molar-refractivity contribution in [3.63, 3.8) is 0 Å². The number of thiophene rings is 1. The summed E-state index contributed by atoms with van der Waals surface area (Å²) in [4.78, 5) is 30.4. The second-order valence-electron chi connectivity index (χ2n) is 7.52. The van der Waals surface area contributed by atoms with Crippen LogP contribution in [-0.4, -0.2) is 47.8 Å². The maximum absolute atomic E-state index is 12.6. The van der Waals surface area contributed by atoms with E-state index in [1.165, 1.54) is 30.6 Å². The lowest BCUT2D eigenvalue weighted by Crippen LogP contribution is -2.51. The first-order chi connectivity index (χ1) is 11.7. The fourth-order valence-electron chi connectivity index (χ4n) is 4.29. The van der Waals surface area contributed by atoms with Crippen molar-refractivity contribution in [1.82, 2.24) is 9.80 Å². The Bertz CT molecular complexity index is 587. The van der Waals surface area contributed by atoms with Crippen LogP contribution in [0.15, 0.2) is 17.5 Å². The number of hydrogen-bond acceptors (Lipinski definition) is 3. The Balaban J connectivity index is 1.24. The van der Waals surface area contributed by atoms with E-state index in [0.29, 0.717) is 49.8 Å². The number of piperazine rings is 1. The van der Waals surface area contributed by atoms with Gasteiger partial charge in [-0.15, -0.1) is 11.3 Å². The molecule has 2 atom stereocenters. The first kappa shape index (κ1) is 16.1. The molecule has 5 heteroatoms. The Morgan fingerprint density at radius 3 is 2.46 bits per heavy atom. The molecule has 3 fully saturated rings. The molecule has 4 nitrogen and oxygen atoms in total. The van der Waals surface area contributed by atoms with Gasteiger partial charge < -0.3 is 9.80 Å². The Morgan fingerprint density at radius 2 is 1.79 bits per heavy atom. The fraction of sp³-hybridized carbons (Fsp3) is 0.684. The molecule has 2 aliphatic carbocycles. The molecule has 4 rings (SSSR count). The maximum atomic E-state index is 12.6. The molecule has 1 aliphatic heterocycles. The van der Waals surface area contributed by atoms with Crippen LogP contribution in [-0.2, 0) is 9.59 Å². The van der Waals surface area contributed by atoms with Crippen LogP contribution >= 0.6 is 11.3 Å². The van der Waals surface area contributed by atoms with Crippen LogP contribution in [0.3, 0.4) is 0 Å². The van der Waals surface area contributed by atoms with Gasteiger partial charge in [0.1, 0.15) is 0 Å². The van der Waals surface area contributed by atoms with Gasteiger partial charge in [0.05, 0.1) is 0 Å². The minimum Gasteiger partial charge on any atom is -0.339 e. The molecule has 2 unspecified atom stereocenters. The standard InChI is InChI=1S/C19H26N2O2S/c22-18(12-14-4-1-2-5-14)20-7-9-21(10-8-20)19(23)16-13-15(16)17-6-3-11-24-17/h3,6,11,14-16H,1-2,4-5,7-10,12-13H2. The van der Waals surface area contributed by atoms with Gasteiger partial charge in [0.2, 0.25) is 11.8 Å². The minimum absolute atomic E-state index is 0.185. The quantitative estimate of drug-likeness (QED) is 0.840. The van der Waals surface area contributed by atoms with Gasteiger partial charge in [0, 0.05) is 49.3 Å². The Morgan fingerprint density at radius 1 is 1.08 bits per heavy atom. The SMILES string of the molecule is O=C(CC1CCCC1)N1CCN(C(=O)C2CC2c2cccs2)CC1. The second-order valence-corrected chi connectivity index (χ2v) is 8.50. The molecule has 1 saturated heterocycles. The Kier molecular flexibility index (Phi) is 4.61. The van der Waals surface area contributed by atoms with Crippen LogP contribution in [0.5, 0.6) is 0 Å². The van der Waals surface area contributed by atoms with Crippen LogP contribution in [0.4, 0.5) is 0 Å². The van der Waals surface area contributed by atoms with Crippen molar-refractivity contribution in [2.45, 2.75) is 44.4 Å². The van der Waals surface area contributed by atoms with Crippen LogP contribution < -0.4 is 0 Å². The van der Waals surface area contributed by atoms with E-state index in [0.717, 1.165) is 12.8 Å². The summed E-state index contributed by atoms with van der Waals surface area (Å²) < 4.78 is 0. The largest absolute Gasteiger partial charge is 0.339 e. The van der Waals surface area contributed by atoms with Gasteiger partial charge in [0.15, 0.2) is 0 Å². The van der Waals surface area contributed by atoms with Crippen LogP contribution in [0.25, 0.3) is 0 Å². The number of amides is 2. The number of rotatable bonds is 4. The van der Waals surface area contributed by atoms with Gasteiger partial charge in [-0.3, -0.25) is 9.59 Å². The summed E-state index contributed by atoms with van der Waals surface area (Å²) in [5.74, 6) is 1.84. The number of nitrogens with zero attached hydrogens (tertiary/aromatic N) is 2. The first-order valence-corrected chi connectivity index (χ1v) is 10.2. The summed E-state index contributed by atoms with van der Waals surface area (Å²) in [6.45, 7) is 2.85. The summed E-state index contributed by atoms with van der Waals surface area (Å²) in [5.41, 5.74) is 0. The van der Waals surface area contributed by atoms with Crippen molar-refractivity contribution in [2.24, 2.45) is 11.8 Å². The van der Waals surface area contributed by atoms with Crippen molar-refractivity contribution in [2.75, 3.05) is 26.2 Å². The summed E-state index contributed by atoms with van der Waals surface area (Å²) >= 11 is 1.76. The molecular formula is C19H26N2O2S. The zero-order valence-corrected chi connectivity index (χ0v) is 15.0. The van der Waals surface area contributed by atoms with E-state index < -0.39 is 0 Å². The minimum atomic E-state index is 0.185. The van der Waals surface area contributed by atoms with Crippen LogP contribution in [0.1, 0.15) is 49.3 Å². The lowest BCUT2D eigenvalue weighted by molar-refractivity contribution is -0.140. The van der Waals surface area contributed by atoms with E-state index in [1.807, 2.05) is 9.80 Å². The number of carbonyl (C=O) groups is 2. The first-order valence-electron chi connectivity index (χ1n) is 9.32. The lowest BCUT2D eigenvalue weighted by atomic mass is 10.0. The lowest BCUT2D eigenvalue weighted by Gasteiger charge is -2.35. The average molecular weight is 346 g/mol. The Labute approximate surface area is 147 Å². The second kappa shape index (κ2) is 6.87. The zero-order valence-electron chi connectivity index (χ0n) is 14.2. The summed E-state index contributed by atoms with van der Waals surface area (Å²) in [7, 11) is 0. The van der Waals surface area contributed by atoms with Gasteiger partial charge in [-0.2, -0.15) is 0 Å². The van der Waals surface area contributed by atoms with E-state index in [1.54, 1.807) is 11.3 Å². The molecule has 130 valence electrons. The van der Waals surface area contributed by atoms with Crippen LogP contribution in [0.2, 0.25) is 0 Å². The van der Waals surface area contributed by atoms with Crippen molar-refractivity contribution in [1.29, 1.82) is 0 Å². The maximum Gasteiger partial charge on any atom is 0.226 e. The normalized spacial score (nSPS) is 27.5. The van der Waals surface area contributed by atoms with Gasteiger partial charge >= 0.3 is 0 Å². The third-order valence-electron chi connectivity index (χ3n) is 5.90. The van der Waals surface area contributed by atoms with Crippen LogP contribution in [0, 0.1) is 11.8 Å². The van der Waals surface area contributed by atoms with E-state index in [4.69, 9.17) is 0 Å². The van der Waals surface area contributed by atoms with E-state index in [9.17, 15) is 9.59 Å². The number of carbonyl (C=O) groups excluding carboxylic acids is 2.